The van der Waals surface area contributed by atoms with Crippen molar-refractivity contribution in [1.82, 2.24) is 0 Å². The van der Waals surface area contributed by atoms with Gasteiger partial charge in [-0.3, -0.25) is 0 Å². The van der Waals surface area contributed by atoms with Gasteiger partial charge in [0.2, 0.25) is 0 Å². The number of benzene rings is 1. The molecule has 1 saturated carbocycles. The van der Waals surface area contributed by atoms with Gasteiger partial charge in [-0.05, 0) is 41.8 Å². The van der Waals surface area contributed by atoms with E-state index in [9.17, 15) is 18.7 Å². The first kappa shape index (κ1) is 17.2. The van der Waals surface area contributed by atoms with Crippen molar-refractivity contribution in [2.24, 2.45) is 0 Å². The second kappa shape index (κ2) is 6.68. The van der Waals surface area contributed by atoms with Crippen molar-refractivity contribution >= 4 is 27.6 Å². The molecule has 1 N–H and O–H groups in total. The largest absolute Gasteiger partial charge is 0.463 e. The van der Waals surface area contributed by atoms with Crippen LogP contribution < -0.4 is 9.64 Å². The summed E-state index contributed by atoms with van der Waals surface area (Å²) in [5.41, 5.74) is 0.778. The van der Waals surface area contributed by atoms with E-state index < -0.39 is 18.7 Å². The molecule has 0 amide bonds. The lowest BCUT2D eigenvalue weighted by atomic mass is 9.95. The number of hydrogen-bond donors (Lipinski definition) is 1. The summed E-state index contributed by atoms with van der Waals surface area (Å²) in [4.78, 5) is 13.8. The second-order valence-corrected chi connectivity index (χ2v) is 6.39. The summed E-state index contributed by atoms with van der Waals surface area (Å²) >= 11 is 3.21. The molecule has 0 bridgehead atoms. The Morgan fingerprint density at radius 2 is 2.17 bits per heavy atom. The number of carbonyl (C=O) groups is 1. The summed E-state index contributed by atoms with van der Waals surface area (Å²) in [6.07, 6.45) is 1.95. The average molecular weight is 404 g/mol. The van der Waals surface area contributed by atoms with Crippen LogP contribution in [0.3, 0.4) is 0 Å². The van der Waals surface area contributed by atoms with E-state index in [0.29, 0.717) is 15.7 Å². The van der Waals surface area contributed by atoms with Crippen LogP contribution in [0.2, 0.25) is 0 Å². The van der Waals surface area contributed by atoms with E-state index in [-0.39, 0.29) is 24.0 Å². The van der Waals surface area contributed by atoms with Crippen molar-refractivity contribution in [3.63, 3.8) is 0 Å². The first-order chi connectivity index (χ1) is 11.4. The van der Waals surface area contributed by atoms with Gasteiger partial charge in [0, 0.05) is 17.8 Å². The van der Waals surface area contributed by atoms with Crippen LogP contribution in [0.1, 0.15) is 31.4 Å². The molecule has 1 heterocycles. The third kappa shape index (κ3) is 3.12. The number of aliphatic hydroxyl groups excluding tert-OH is 1. The fraction of sp³-hybridized carbons (Fsp3) is 0.438. The molecular weight excluding hydrogens is 388 g/mol. The number of nitrogens with zero attached hydrogens (tertiary/aromatic N) is 1. The quantitative estimate of drug-likeness (QED) is 0.762. The number of carbonyl (C=O) groups excluding carboxylic acids is 1. The molecule has 0 radical (unpaired) electrons. The lowest BCUT2D eigenvalue weighted by Gasteiger charge is -2.33. The highest BCUT2D eigenvalue weighted by atomic mass is 79.9. The molecule has 1 unspecified atom stereocenters. The van der Waals surface area contributed by atoms with Crippen molar-refractivity contribution in [3.05, 3.63) is 33.9 Å². The van der Waals surface area contributed by atoms with Gasteiger partial charge in [-0.1, -0.05) is 6.07 Å². The number of ether oxygens (including phenoxy) is 2. The van der Waals surface area contributed by atoms with Gasteiger partial charge in [-0.25, -0.2) is 4.79 Å². The van der Waals surface area contributed by atoms with E-state index in [1.54, 1.807) is 17.9 Å². The fourth-order valence-electron chi connectivity index (χ4n) is 2.72. The van der Waals surface area contributed by atoms with Crippen molar-refractivity contribution in [1.29, 1.82) is 0 Å². The summed E-state index contributed by atoms with van der Waals surface area (Å²) in [6.45, 7) is -1.15. The molecule has 2 aliphatic rings. The van der Waals surface area contributed by atoms with Crippen LogP contribution in [0.5, 0.6) is 5.75 Å². The molecule has 1 aromatic carbocycles. The Kier molecular flexibility index (Phi) is 4.78. The van der Waals surface area contributed by atoms with Crippen LogP contribution in [0, 0.1) is 0 Å². The van der Waals surface area contributed by atoms with E-state index in [2.05, 4.69) is 20.7 Å². The van der Waals surface area contributed by atoms with Crippen LogP contribution in [-0.4, -0.2) is 30.3 Å². The third-order valence-electron chi connectivity index (χ3n) is 3.90. The Balaban J connectivity index is 2.10. The molecule has 24 heavy (non-hydrogen) atoms. The Bertz CT molecular complexity index is 691. The smallest absolute Gasteiger partial charge is 0.387 e. The Labute approximate surface area is 146 Å². The van der Waals surface area contributed by atoms with Crippen molar-refractivity contribution < 1.29 is 28.2 Å². The van der Waals surface area contributed by atoms with Crippen molar-refractivity contribution in [2.75, 3.05) is 11.5 Å². The maximum absolute atomic E-state index is 12.8. The molecule has 5 nitrogen and oxygen atoms in total. The van der Waals surface area contributed by atoms with E-state index in [1.165, 1.54) is 12.3 Å². The lowest BCUT2D eigenvalue weighted by Crippen LogP contribution is -2.30. The van der Waals surface area contributed by atoms with E-state index >= 15 is 0 Å². The minimum absolute atomic E-state index is 0.0485. The molecule has 1 aliphatic carbocycles. The molecule has 1 atom stereocenters. The highest BCUT2D eigenvalue weighted by molar-refractivity contribution is 9.10. The normalized spacial score (nSPS) is 19.8. The number of aliphatic hydroxyl groups is 1. The minimum atomic E-state index is -3.00. The van der Waals surface area contributed by atoms with Crippen LogP contribution in [-0.2, 0) is 9.53 Å². The van der Waals surface area contributed by atoms with Crippen molar-refractivity contribution in [3.8, 4) is 5.75 Å². The third-order valence-corrected chi connectivity index (χ3v) is 4.52. The van der Waals surface area contributed by atoms with Gasteiger partial charge in [0.25, 0.3) is 0 Å². The van der Waals surface area contributed by atoms with Gasteiger partial charge in [0.05, 0.1) is 22.3 Å². The number of rotatable bonds is 5. The zero-order valence-electron chi connectivity index (χ0n) is 12.8. The van der Waals surface area contributed by atoms with Gasteiger partial charge in [0.1, 0.15) is 6.10 Å². The minimum Gasteiger partial charge on any atom is -0.463 e. The van der Waals surface area contributed by atoms with Crippen LogP contribution in [0.4, 0.5) is 14.5 Å². The van der Waals surface area contributed by atoms with Crippen LogP contribution in [0.25, 0.3) is 0 Å². The van der Waals surface area contributed by atoms with Gasteiger partial charge >= 0.3 is 12.6 Å². The van der Waals surface area contributed by atoms with E-state index in [0.717, 1.165) is 12.8 Å². The number of halogens is 3. The summed E-state index contributed by atoms with van der Waals surface area (Å²) in [5, 5.41) is 10.5. The Morgan fingerprint density at radius 3 is 2.75 bits per heavy atom. The zero-order valence-corrected chi connectivity index (χ0v) is 14.4. The molecule has 1 aliphatic heterocycles. The van der Waals surface area contributed by atoms with Gasteiger partial charge < -0.3 is 19.5 Å². The predicted octanol–water partition coefficient (Wildman–Crippen LogP) is 3.51. The first-order valence-corrected chi connectivity index (χ1v) is 8.35. The molecule has 0 spiro atoms. The molecule has 1 aromatic rings. The SMILES string of the molecule is CCOC(=O)C1=CN(C2CC2)c2c(ccc(Br)c2OC(F)F)C1O. The summed E-state index contributed by atoms with van der Waals surface area (Å²) < 4.78 is 35.6. The molecule has 8 heteroatoms. The molecule has 1 fully saturated rings. The maximum Gasteiger partial charge on any atom is 0.387 e. The zero-order chi connectivity index (χ0) is 17.4. The number of esters is 1. The van der Waals surface area contributed by atoms with Crippen LogP contribution in [0.15, 0.2) is 28.4 Å². The standard InChI is InChI=1S/C16H16BrF2NO4/c1-2-23-15(22)10-7-20(8-3-4-8)12-9(13(10)21)5-6-11(17)14(12)24-16(18)19/h5-8,13,16,21H,2-4H2,1H3. The molecular formula is C16H16BrF2NO4. The predicted molar refractivity (Wildman–Crippen MR) is 86.0 cm³/mol. The summed E-state index contributed by atoms with van der Waals surface area (Å²) in [6, 6.07) is 3.18. The fourth-order valence-corrected chi connectivity index (χ4v) is 3.14. The highest BCUT2D eigenvalue weighted by Crippen LogP contribution is 2.49. The highest BCUT2D eigenvalue weighted by Gasteiger charge is 2.39. The topological polar surface area (TPSA) is 59.0 Å². The summed E-state index contributed by atoms with van der Waals surface area (Å²) in [7, 11) is 0. The van der Waals surface area contributed by atoms with E-state index in [1.807, 2.05) is 0 Å². The summed E-state index contributed by atoms with van der Waals surface area (Å²) in [5.74, 6) is -0.673. The molecule has 0 aromatic heterocycles. The number of anilines is 1. The lowest BCUT2D eigenvalue weighted by molar-refractivity contribution is -0.139. The average Bonchev–Trinajstić information content (AvgIpc) is 3.35. The first-order valence-electron chi connectivity index (χ1n) is 7.56. The number of fused-ring (bicyclic) bond motifs is 1. The number of alkyl halides is 2. The van der Waals surface area contributed by atoms with Gasteiger partial charge in [-0.15, -0.1) is 0 Å². The Hall–Kier alpha value is -1.67. The second-order valence-electron chi connectivity index (χ2n) is 5.54. The molecule has 3 rings (SSSR count). The van der Waals surface area contributed by atoms with Crippen molar-refractivity contribution in [2.45, 2.75) is 38.5 Å². The monoisotopic (exact) mass is 403 g/mol. The van der Waals surface area contributed by atoms with E-state index in [4.69, 9.17) is 4.74 Å². The van der Waals surface area contributed by atoms with Crippen LogP contribution >= 0.6 is 15.9 Å². The van der Waals surface area contributed by atoms with Gasteiger partial charge in [-0.2, -0.15) is 8.78 Å². The molecule has 0 saturated heterocycles. The molecule has 130 valence electrons. The van der Waals surface area contributed by atoms with Gasteiger partial charge in [0.15, 0.2) is 5.75 Å². The number of hydrogen-bond acceptors (Lipinski definition) is 5. The maximum atomic E-state index is 12.8. The Morgan fingerprint density at radius 1 is 1.46 bits per heavy atom.